The predicted octanol–water partition coefficient (Wildman–Crippen LogP) is 2.67. The van der Waals surface area contributed by atoms with Gasteiger partial charge in [-0.1, -0.05) is 26.0 Å². The summed E-state index contributed by atoms with van der Waals surface area (Å²) >= 11 is 0. The van der Waals surface area contributed by atoms with Gasteiger partial charge in [-0.05, 0) is 31.4 Å². The van der Waals surface area contributed by atoms with Crippen molar-refractivity contribution in [1.29, 1.82) is 0 Å². The van der Waals surface area contributed by atoms with Crippen LogP contribution in [0, 0.1) is 11.7 Å². The first kappa shape index (κ1) is 15.0. The Balaban J connectivity index is 2.13. The van der Waals surface area contributed by atoms with Gasteiger partial charge < -0.3 is 10.2 Å². The van der Waals surface area contributed by atoms with Crippen molar-refractivity contribution < 1.29 is 9.18 Å². The van der Waals surface area contributed by atoms with Crippen molar-refractivity contribution in [2.24, 2.45) is 5.92 Å². The number of nitrogens with one attached hydrogen (secondary N) is 1. The summed E-state index contributed by atoms with van der Waals surface area (Å²) in [5.41, 5.74) is 0.171. The molecule has 1 N–H and O–H groups in total. The zero-order chi connectivity index (χ0) is 14.7. The highest BCUT2D eigenvalue weighted by Gasteiger charge is 2.30. The fraction of sp³-hybridized carbons (Fsp3) is 0.562. The van der Waals surface area contributed by atoms with E-state index in [1.807, 2.05) is 6.92 Å². The van der Waals surface area contributed by atoms with Crippen molar-refractivity contribution in [2.45, 2.75) is 39.3 Å². The molecule has 2 atom stereocenters. The molecule has 1 heterocycles. The molecule has 110 valence electrons. The molecular formula is C16H23FN2O. The van der Waals surface area contributed by atoms with Gasteiger partial charge in [-0.15, -0.1) is 0 Å². The molecule has 0 spiro atoms. The quantitative estimate of drug-likeness (QED) is 0.922. The van der Waals surface area contributed by atoms with Gasteiger partial charge in [0.1, 0.15) is 5.82 Å². The summed E-state index contributed by atoms with van der Waals surface area (Å²) in [6.07, 6.45) is 1.02. The van der Waals surface area contributed by atoms with Gasteiger partial charge in [-0.2, -0.15) is 0 Å². The zero-order valence-electron chi connectivity index (χ0n) is 12.4. The summed E-state index contributed by atoms with van der Waals surface area (Å²) in [5.74, 6) is -0.0687. The van der Waals surface area contributed by atoms with Crippen LogP contribution in [0.4, 0.5) is 4.39 Å². The highest BCUT2D eigenvalue weighted by atomic mass is 19.1. The number of hydrogen-bond acceptors (Lipinski definition) is 2. The van der Waals surface area contributed by atoms with Crippen LogP contribution in [0.3, 0.4) is 0 Å². The SMILES string of the molecule is CC(C)CC1CN(C(=O)c2ccccc2F)C(C)CN1. The molecule has 0 radical (unpaired) electrons. The largest absolute Gasteiger partial charge is 0.333 e. The van der Waals surface area contributed by atoms with Gasteiger partial charge in [0.15, 0.2) is 0 Å². The van der Waals surface area contributed by atoms with E-state index in [0.29, 0.717) is 18.5 Å². The van der Waals surface area contributed by atoms with Crippen LogP contribution < -0.4 is 5.32 Å². The van der Waals surface area contributed by atoms with E-state index in [0.717, 1.165) is 13.0 Å². The van der Waals surface area contributed by atoms with E-state index in [9.17, 15) is 9.18 Å². The molecule has 0 aliphatic carbocycles. The van der Waals surface area contributed by atoms with E-state index >= 15 is 0 Å². The predicted molar refractivity (Wildman–Crippen MR) is 78.1 cm³/mol. The molecule has 1 aliphatic heterocycles. The molecule has 0 aromatic heterocycles. The van der Waals surface area contributed by atoms with Gasteiger partial charge in [0.05, 0.1) is 5.56 Å². The number of benzene rings is 1. The number of carbonyl (C=O) groups excluding carboxylic acids is 1. The summed E-state index contributed by atoms with van der Waals surface area (Å²) in [6.45, 7) is 7.74. The Morgan fingerprint density at radius 1 is 1.45 bits per heavy atom. The molecule has 2 unspecified atom stereocenters. The lowest BCUT2D eigenvalue weighted by Gasteiger charge is -2.39. The van der Waals surface area contributed by atoms with Crippen molar-refractivity contribution in [3.63, 3.8) is 0 Å². The molecule has 1 saturated heterocycles. The fourth-order valence-corrected chi connectivity index (χ4v) is 2.73. The molecule has 0 saturated carbocycles. The van der Waals surface area contributed by atoms with Crippen LogP contribution in [-0.2, 0) is 0 Å². The maximum Gasteiger partial charge on any atom is 0.257 e. The Morgan fingerprint density at radius 2 is 2.15 bits per heavy atom. The molecular weight excluding hydrogens is 255 g/mol. The molecule has 2 rings (SSSR count). The van der Waals surface area contributed by atoms with E-state index in [1.54, 1.807) is 23.1 Å². The number of halogens is 1. The van der Waals surface area contributed by atoms with E-state index in [-0.39, 0.29) is 17.5 Å². The minimum atomic E-state index is -0.441. The standard InChI is InChI=1S/C16H23FN2O/c1-11(2)8-13-10-19(12(3)9-18-13)16(20)14-6-4-5-7-15(14)17/h4-7,11-13,18H,8-10H2,1-3H3. The van der Waals surface area contributed by atoms with Crippen molar-refractivity contribution in [2.75, 3.05) is 13.1 Å². The Bertz CT molecular complexity index is 475. The smallest absolute Gasteiger partial charge is 0.257 e. The molecule has 1 aromatic rings. The Morgan fingerprint density at radius 3 is 2.80 bits per heavy atom. The van der Waals surface area contributed by atoms with Gasteiger partial charge in [-0.3, -0.25) is 4.79 Å². The highest BCUT2D eigenvalue weighted by molar-refractivity contribution is 5.94. The summed E-state index contributed by atoms with van der Waals surface area (Å²) in [7, 11) is 0. The molecule has 1 amide bonds. The lowest BCUT2D eigenvalue weighted by Crippen LogP contribution is -2.57. The van der Waals surface area contributed by atoms with Crippen LogP contribution in [0.15, 0.2) is 24.3 Å². The van der Waals surface area contributed by atoms with Gasteiger partial charge in [0, 0.05) is 25.2 Å². The first-order chi connectivity index (χ1) is 9.49. The summed E-state index contributed by atoms with van der Waals surface area (Å²) in [5, 5.41) is 3.46. The number of carbonyl (C=O) groups is 1. The van der Waals surface area contributed by atoms with Crippen molar-refractivity contribution in [3.05, 3.63) is 35.6 Å². The minimum absolute atomic E-state index is 0.0884. The van der Waals surface area contributed by atoms with Crippen molar-refractivity contribution in [1.82, 2.24) is 10.2 Å². The van der Waals surface area contributed by atoms with Gasteiger partial charge in [0.25, 0.3) is 5.91 Å². The van der Waals surface area contributed by atoms with Crippen LogP contribution >= 0.6 is 0 Å². The topological polar surface area (TPSA) is 32.3 Å². The van der Waals surface area contributed by atoms with Crippen LogP contribution in [0.5, 0.6) is 0 Å². The van der Waals surface area contributed by atoms with Crippen molar-refractivity contribution >= 4 is 5.91 Å². The second-order valence-electron chi connectivity index (χ2n) is 6.02. The normalized spacial score (nSPS) is 23.1. The first-order valence-corrected chi connectivity index (χ1v) is 7.28. The Hall–Kier alpha value is -1.42. The van der Waals surface area contributed by atoms with Gasteiger partial charge >= 0.3 is 0 Å². The van der Waals surface area contributed by atoms with Crippen LogP contribution in [0.2, 0.25) is 0 Å². The van der Waals surface area contributed by atoms with Crippen LogP contribution in [0.25, 0.3) is 0 Å². The number of hydrogen-bond donors (Lipinski definition) is 1. The Kier molecular flexibility index (Phi) is 4.76. The molecule has 3 nitrogen and oxygen atoms in total. The number of amides is 1. The molecule has 1 aliphatic rings. The first-order valence-electron chi connectivity index (χ1n) is 7.28. The maximum atomic E-state index is 13.8. The highest BCUT2D eigenvalue weighted by Crippen LogP contribution is 2.17. The zero-order valence-corrected chi connectivity index (χ0v) is 12.4. The average molecular weight is 278 g/mol. The number of piperazine rings is 1. The summed E-state index contributed by atoms with van der Waals surface area (Å²) < 4.78 is 13.8. The summed E-state index contributed by atoms with van der Waals surface area (Å²) in [6, 6.07) is 6.59. The molecule has 1 fully saturated rings. The lowest BCUT2D eigenvalue weighted by molar-refractivity contribution is 0.0590. The Labute approximate surface area is 120 Å². The maximum absolute atomic E-state index is 13.8. The van der Waals surface area contributed by atoms with Crippen LogP contribution in [0.1, 0.15) is 37.6 Å². The summed E-state index contributed by atoms with van der Waals surface area (Å²) in [4.78, 5) is 14.3. The number of rotatable bonds is 3. The monoisotopic (exact) mass is 278 g/mol. The molecule has 4 heteroatoms. The van der Waals surface area contributed by atoms with E-state index in [1.165, 1.54) is 6.07 Å². The third-order valence-electron chi connectivity index (χ3n) is 3.77. The molecule has 0 bridgehead atoms. The number of nitrogens with zero attached hydrogens (tertiary/aromatic N) is 1. The second kappa shape index (κ2) is 6.35. The molecule has 20 heavy (non-hydrogen) atoms. The van der Waals surface area contributed by atoms with E-state index in [2.05, 4.69) is 19.2 Å². The molecule has 1 aromatic carbocycles. The van der Waals surface area contributed by atoms with E-state index in [4.69, 9.17) is 0 Å². The van der Waals surface area contributed by atoms with Gasteiger partial charge in [0.2, 0.25) is 0 Å². The fourth-order valence-electron chi connectivity index (χ4n) is 2.73. The van der Waals surface area contributed by atoms with Crippen LogP contribution in [-0.4, -0.2) is 36.0 Å². The van der Waals surface area contributed by atoms with E-state index < -0.39 is 5.82 Å². The van der Waals surface area contributed by atoms with Gasteiger partial charge in [-0.25, -0.2) is 4.39 Å². The minimum Gasteiger partial charge on any atom is -0.333 e. The lowest BCUT2D eigenvalue weighted by atomic mass is 9.99. The average Bonchev–Trinajstić information content (AvgIpc) is 2.40. The third-order valence-corrected chi connectivity index (χ3v) is 3.77. The second-order valence-corrected chi connectivity index (χ2v) is 6.02. The van der Waals surface area contributed by atoms with Crippen molar-refractivity contribution in [3.8, 4) is 0 Å². The third kappa shape index (κ3) is 3.37.